The van der Waals surface area contributed by atoms with Gasteiger partial charge in [-0.1, -0.05) is 35.9 Å². The molecule has 3 rings (SSSR count). The first-order chi connectivity index (χ1) is 11.3. The Hall–Kier alpha value is -1.88. The summed E-state index contributed by atoms with van der Waals surface area (Å²) in [4.78, 5) is 6.17. The fourth-order valence-corrected chi connectivity index (χ4v) is 2.88. The Morgan fingerprint density at radius 1 is 1.09 bits per heavy atom. The maximum absolute atomic E-state index is 6.17. The Labute approximate surface area is 138 Å². The first-order valence-electron chi connectivity index (χ1n) is 8.30. The predicted molar refractivity (Wildman–Crippen MR) is 94.4 cm³/mol. The fraction of sp³-hybridized carbons (Fsp3) is 0.368. The minimum atomic E-state index is 0.833. The van der Waals surface area contributed by atoms with Crippen molar-refractivity contribution in [2.24, 2.45) is 0 Å². The van der Waals surface area contributed by atoms with Gasteiger partial charge in [-0.3, -0.25) is 0 Å². The predicted octanol–water partition coefficient (Wildman–Crippen LogP) is 3.79. The highest BCUT2D eigenvalue weighted by molar-refractivity contribution is 5.65. The van der Waals surface area contributed by atoms with Crippen LogP contribution in [0.3, 0.4) is 0 Å². The van der Waals surface area contributed by atoms with Crippen molar-refractivity contribution < 1.29 is 4.94 Å². The van der Waals surface area contributed by atoms with E-state index in [9.17, 15) is 0 Å². The number of nitrogens with zero attached hydrogens (tertiary/aromatic N) is 2. The summed E-state index contributed by atoms with van der Waals surface area (Å²) in [6, 6.07) is 16.8. The highest BCUT2D eigenvalue weighted by atomic mass is 16.8. The number of unbranched alkanes of at least 4 members (excludes halogenated alkanes) is 1. The molecule has 0 spiro atoms. The van der Waals surface area contributed by atoms with Crippen molar-refractivity contribution in [2.45, 2.75) is 26.3 Å². The van der Waals surface area contributed by atoms with Crippen molar-refractivity contribution in [1.29, 1.82) is 0 Å². The van der Waals surface area contributed by atoms with Gasteiger partial charge in [-0.2, -0.15) is 10.0 Å². The van der Waals surface area contributed by atoms with Crippen LogP contribution in [0.2, 0.25) is 0 Å². The molecule has 0 radical (unpaired) electrons. The lowest BCUT2D eigenvalue weighted by molar-refractivity contribution is -0.176. The molecule has 4 heteroatoms. The van der Waals surface area contributed by atoms with E-state index in [0.717, 1.165) is 43.9 Å². The van der Waals surface area contributed by atoms with Gasteiger partial charge in [0, 0.05) is 6.54 Å². The van der Waals surface area contributed by atoms with Gasteiger partial charge in [0.15, 0.2) is 0 Å². The van der Waals surface area contributed by atoms with Crippen LogP contribution < -0.4 is 10.4 Å². The highest BCUT2D eigenvalue weighted by Gasteiger charge is 2.24. The van der Waals surface area contributed by atoms with Crippen molar-refractivity contribution in [3.63, 3.8) is 0 Å². The summed E-state index contributed by atoms with van der Waals surface area (Å²) in [6.45, 7) is 4.95. The van der Waals surface area contributed by atoms with Gasteiger partial charge in [-0.15, -0.1) is 0 Å². The lowest BCUT2D eigenvalue weighted by Crippen LogP contribution is -2.38. The van der Waals surface area contributed by atoms with E-state index in [-0.39, 0.29) is 0 Å². The number of fused-ring (bicyclic) bond motifs is 1. The molecule has 1 N–H and O–H groups in total. The quantitative estimate of drug-likeness (QED) is 0.821. The average Bonchev–Trinajstić information content (AvgIpc) is 2.58. The number of anilines is 2. The maximum Gasteiger partial charge on any atom is 0.0760 e. The summed E-state index contributed by atoms with van der Waals surface area (Å²) < 4.78 is 0. The lowest BCUT2D eigenvalue weighted by Gasteiger charge is -2.36. The van der Waals surface area contributed by atoms with Crippen molar-refractivity contribution >= 4 is 11.4 Å². The molecule has 0 bridgehead atoms. The van der Waals surface area contributed by atoms with Crippen molar-refractivity contribution in [3.05, 3.63) is 59.7 Å². The average molecular weight is 311 g/mol. The van der Waals surface area contributed by atoms with Crippen LogP contribution in [-0.4, -0.2) is 25.2 Å². The number of hydrogen-bond acceptors (Lipinski definition) is 4. The molecule has 0 aliphatic carbocycles. The smallest absolute Gasteiger partial charge is 0.0760 e. The monoisotopic (exact) mass is 311 g/mol. The zero-order chi connectivity index (χ0) is 16.1. The summed E-state index contributed by atoms with van der Waals surface area (Å²) in [6.07, 6.45) is 2.27. The number of hydrogen-bond donors (Lipinski definition) is 1. The van der Waals surface area contributed by atoms with Crippen molar-refractivity contribution in [1.82, 2.24) is 10.4 Å². The molecule has 0 saturated carbocycles. The van der Waals surface area contributed by atoms with Crippen molar-refractivity contribution in [2.75, 3.05) is 25.2 Å². The SMILES string of the molecule is CNCCCCN1Cc2cc(C)ccc2N(c2ccccc2)O1. The molecular formula is C19H25N3O. The first-order valence-corrected chi connectivity index (χ1v) is 8.30. The summed E-state index contributed by atoms with van der Waals surface area (Å²) in [5, 5.41) is 7.19. The van der Waals surface area contributed by atoms with E-state index in [4.69, 9.17) is 4.94 Å². The van der Waals surface area contributed by atoms with Crippen LogP contribution in [0, 0.1) is 6.92 Å². The van der Waals surface area contributed by atoms with Crippen LogP contribution >= 0.6 is 0 Å². The van der Waals surface area contributed by atoms with Gasteiger partial charge in [0.2, 0.25) is 0 Å². The standard InChI is InChI=1S/C19H25N3O/c1-16-10-11-19-17(14-16)15-21(13-7-6-12-20-2)23-22(19)18-8-4-3-5-9-18/h3-5,8-11,14,20H,6-7,12-13,15H2,1-2H3. The van der Waals surface area contributed by atoms with Crippen LogP contribution in [0.1, 0.15) is 24.0 Å². The second-order valence-electron chi connectivity index (χ2n) is 6.02. The van der Waals surface area contributed by atoms with Gasteiger partial charge < -0.3 is 5.32 Å². The van der Waals surface area contributed by atoms with Gasteiger partial charge in [-0.05, 0) is 57.1 Å². The van der Waals surface area contributed by atoms with E-state index in [2.05, 4.69) is 47.6 Å². The molecule has 0 saturated heterocycles. The van der Waals surface area contributed by atoms with E-state index < -0.39 is 0 Å². The molecule has 2 aromatic rings. The van der Waals surface area contributed by atoms with E-state index in [1.54, 1.807) is 0 Å². The summed E-state index contributed by atoms with van der Waals surface area (Å²) in [5.41, 5.74) is 4.79. The number of rotatable bonds is 6. The number of nitrogens with one attached hydrogen (secondary N) is 1. The molecular weight excluding hydrogens is 286 g/mol. The van der Waals surface area contributed by atoms with Gasteiger partial charge in [0.1, 0.15) is 0 Å². The number of benzene rings is 2. The van der Waals surface area contributed by atoms with Gasteiger partial charge in [0.25, 0.3) is 0 Å². The van der Waals surface area contributed by atoms with E-state index in [0.29, 0.717) is 0 Å². The van der Waals surface area contributed by atoms with Crippen LogP contribution in [0.15, 0.2) is 48.5 Å². The molecule has 1 heterocycles. The molecule has 4 nitrogen and oxygen atoms in total. The summed E-state index contributed by atoms with van der Waals surface area (Å²) >= 11 is 0. The molecule has 23 heavy (non-hydrogen) atoms. The van der Waals surface area contributed by atoms with E-state index in [1.165, 1.54) is 11.1 Å². The molecule has 0 unspecified atom stereocenters. The topological polar surface area (TPSA) is 27.7 Å². The third kappa shape index (κ3) is 3.91. The highest BCUT2D eigenvalue weighted by Crippen LogP contribution is 2.34. The minimum Gasteiger partial charge on any atom is -0.320 e. The third-order valence-corrected chi connectivity index (χ3v) is 4.07. The van der Waals surface area contributed by atoms with Gasteiger partial charge >= 0.3 is 0 Å². The number of para-hydroxylation sites is 1. The van der Waals surface area contributed by atoms with E-state index in [1.807, 2.05) is 30.3 Å². The fourth-order valence-electron chi connectivity index (χ4n) is 2.88. The molecule has 0 fully saturated rings. The second kappa shape index (κ2) is 7.59. The molecule has 0 aromatic heterocycles. The molecule has 122 valence electrons. The van der Waals surface area contributed by atoms with Crippen molar-refractivity contribution in [3.8, 4) is 0 Å². The lowest BCUT2D eigenvalue weighted by atomic mass is 10.1. The minimum absolute atomic E-state index is 0.833. The zero-order valence-corrected chi connectivity index (χ0v) is 14.0. The maximum atomic E-state index is 6.17. The van der Waals surface area contributed by atoms with Crippen LogP contribution in [0.5, 0.6) is 0 Å². The normalized spacial score (nSPS) is 14.8. The molecule has 0 amide bonds. The number of aryl methyl sites for hydroxylation is 1. The summed E-state index contributed by atoms with van der Waals surface area (Å²) in [7, 11) is 1.99. The molecule has 0 atom stereocenters. The van der Waals surface area contributed by atoms with Gasteiger partial charge in [0.05, 0.1) is 17.9 Å². The molecule has 2 aromatic carbocycles. The summed E-state index contributed by atoms with van der Waals surface area (Å²) in [5.74, 6) is 0. The third-order valence-electron chi connectivity index (χ3n) is 4.07. The molecule has 1 aliphatic heterocycles. The first kappa shape index (κ1) is 16.0. The van der Waals surface area contributed by atoms with Gasteiger partial charge in [-0.25, -0.2) is 5.06 Å². The Bertz CT molecular complexity index is 630. The Morgan fingerprint density at radius 3 is 2.70 bits per heavy atom. The Kier molecular flexibility index (Phi) is 5.28. The zero-order valence-electron chi connectivity index (χ0n) is 14.0. The largest absolute Gasteiger partial charge is 0.320 e. The molecule has 1 aliphatic rings. The van der Waals surface area contributed by atoms with Crippen LogP contribution in [0.25, 0.3) is 0 Å². The second-order valence-corrected chi connectivity index (χ2v) is 6.02. The van der Waals surface area contributed by atoms with Crippen LogP contribution in [0.4, 0.5) is 11.4 Å². The van der Waals surface area contributed by atoms with E-state index >= 15 is 0 Å². The Morgan fingerprint density at radius 2 is 1.91 bits per heavy atom. The Balaban J connectivity index is 1.81. The number of hydroxylamine groups is 2. The van der Waals surface area contributed by atoms with Crippen LogP contribution in [-0.2, 0) is 11.5 Å².